The second-order valence-corrected chi connectivity index (χ2v) is 14.6. The van der Waals surface area contributed by atoms with Gasteiger partial charge in [-0.25, -0.2) is 0 Å². The average Bonchev–Trinajstić information content (AvgIpc) is 3.00. The molecule has 4 atom stereocenters. The molecule has 3 rings (SSSR count). The fourth-order valence-electron chi connectivity index (χ4n) is 5.27. The van der Waals surface area contributed by atoms with Crippen molar-refractivity contribution < 1.29 is 4.43 Å². The quantitative estimate of drug-likeness (QED) is 0.424. The highest BCUT2D eigenvalue weighted by molar-refractivity contribution is 6.73. The summed E-state index contributed by atoms with van der Waals surface area (Å²) in [5.74, 6) is 1.79. The Kier molecular flexibility index (Phi) is 6.70. The lowest BCUT2D eigenvalue weighted by Crippen LogP contribution is -2.41. The Labute approximate surface area is 176 Å². The molecule has 1 aromatic rings. The highest BCUT2D eigenvalue weighted by atomic mass is 35.5. The molecular formula is C22H35Cl2NOSi. The SMILES string of the molecule is CC[Si](CC)(CC)OC(CN[C@@H]1C[C@@H]2[C@H](C1)C2(C)C)c1c(Cl)cccc1Cl. The van der Waals surface area contributed by atoms with Gasteiger partial charge in [-0.15, -0.1) is 0 Å². The minimum absolute atomic E-state index is 0.0670. The van der Waals surface area contributed by atoms with Crippen LogP contribution >= 0.6 is 23.2 Å². The van der Waals surface area contributed by atoms with Gasteiger partial charge in [-0.1, -0.05) is 63.9 Å². The van der Waals surface area contributed by atoms with E-state index < -0.39 is 8.32 Å². The normalized spacial score (nSPS) is 27.4. The molecule has 152 valence electrons. The van der Waals surface area contributed by atoms with Crippen LogP contribution in [0.5, 0.6) is 0 Å². The predicted octanol–water partition coefficient (Wildman–Crippen LogP) is 7.08. The Balaban J connectivity index is 1.74. The van der Waals surface area contributed by atoms with E-state index in [0.29, 0.717) is 11.5 Å². The molecule has 0 aliphatic heterocycles. The minimum atomic E-state index is -1.77. The smallest absolute Gasteiger partial charge is 0.192 e. The van der Waals surface area contributed by atoms with E-state index in [1.54, 1.807) is 0 Å². The molecule has 2 fully saturated rings. The number of hydrogen-bond donors (Lipinski definition) is 1. The zero-order valence-electron chi connectivity index (χ0n) is 17.4. The Morgan fingerprint density at radius 3 is 2.07 bits per heavy atom. The molecule has 0 bridgehead atoms. The van der Waals surface area contributed by atoms with Crippen molar-refractivity contribution >= 4 is 31.5 Å². The van der Waals surface area contributed by atoms with E-state index in [4.69, 9.17) is 27.6 Å². The van der Waals surface area contributed by atoms with E-state index in [9.17, 15) is 0 Å². The zero-order valence-corrected chi connectivity index (χ0v) is 20.0. The molecule has 1 unspecified atom stereocenters. The van der Waals surface area contributed by atoms with Crippen molar-refractivity contribution in [3.63, 3.8) is 0 Å². The molecule has 0 radical (unpaired) electrons. The molecule has 2 aliphatic rings. The van der Waals surface area contributed by atoms with Crippen molar-refractivity contribution in [3.05, 3.63) is 33.8 Å². The van der Waals surface area contributed by atoms with Gasteiger partial charge in [0.15, 0.2) is 8.32 Å². The second kappa shape index (κ2) is 8.35. The van der Waals surface area contributed by atoms with Crippen LogP contribution in [0.25, 0.3) is 0 Å². The van der Waals surface area contributed by atoms with E-state index in [2.05, 4.69) is 39.9 Å². The van der Waals surface area contributed by atoms with Gasteiger partial charge in [-0.05, 0) is 60.4 Å². The van der Waals surface area contributed by atoms with E-state index in [0.717, 1.165) is 52.1 Å². The van der Waals surface area contributed by atoms with Gasteiger partial charge in [0, 0.05) is 28.2 Å². The minimum Gasteiger partial charge on any atom is -0.409 e. The van der Waals surface area contributed by atoms with Gasteiger partial charge < -0.3 is 9.74 Å². The first-order valence-electron chi connectivity index (χ1n) is 10.6. The zero-order chi connectivity index (χ0) is 19.8. The summed E-state index contributed by atoms with van der Waals surface area (Å²) in [4.78, 5) is 0. The van der Waals surface area contributed by atoms with Crippen molar-refractivity contribution in [2.45, 2.75) is 77.7 Å². The first-order valence-corrected chi connectivity index (χ1v) is 13.9. The Morgan fingerprint density at radius 1 is 1.07 bits per heavy atom. The number of hydrogen-bond acceptors (Lipinski definition) is 2. The molecule has 0 amide bonds. The lowest BCUT2D eigenvalue weighted by Gasteiger charge is -2.35. The summed E-state index contributed by atoms with van der Waals surface area (Å²) in [6.45, 7) is 12.4. The predicted molar refractivity (Wildman–Crippen MR) is 119 cm³/mol. The highest BCUT2D eigenvalue weighted by Gasteiger charge is 2.61. The first-order chi connectivity index (χ1) is 12.8. The maximum absolute atomic E-state index is 6.88. The number of nitrogens with one attached hydrogen (secondary N) is 1. The number of halogens is 2. The molecule has 0 heterocycles. The molecule has 0 spiro atoms. The van der Waals surface area contributed by atoms with Gasteiger partial charge in [0.1, 0.15) is 0 Å². The summed E-state index contributed by atoms with van der Waals surface area (Å²) >= 11 is 13.1. The Bertz CT molecular complexity index is 619. The monoisotopic (exact) mass is 427 g/mol. The Hall–Kier alpha value is -0.0631. The van der Waals surface area contributed by atoms with Gasteiger partial charge in [-0.2, -0.15) is 0 Å². The number of rotatable bonds is 9. The summed E-state index contributed by atoms with van der Waals surface area (Å²) in [6, 6.07) is 9.75. The lowest BCUT2D eigenvalue weighted by molar-refractivity contribution is 0.179. The third-order valence-electron chi connectivity index (χ3n) is 7.60. The van der Waals surface area contributed by atoms with Crippen molar-refractivity contribution in [1.29, 1.82) is 0 Å². The molecule has 0 aromatic heterocycles. The van der Waals surface area contributed by atoms with Crippen LogP contribution in [0.3, 0.4) is 0 Å². The van der Waals surface area contributed by atoms with E-state index in [-0.39, 0.29) is 6.10 Å². The van der Waals surface area contributed by atoms with E-state index in [1.165, 1.54) is 12.8 Å². The molecule has 2 aliphatic carbocycles. The summed E-state index contributed by atoms with van der Waals surface area (Å²) in [6.07, 6.45) is 2.51. The van der Waals surface area contributed by atoms with Crippen molar-refractivity contribution in [1.82, 2.24) is 5.32 Å². The molecule has 1 N–H and O–H groups in total. The van der Waals surface area contributed by atoms with Gasteiger partial charge in [-0.3, -0.25) is 0 Å². The largest absolute Gasteiger partial charge is 0.409 e. The lowest BCUT2D eigenvalue weighted by atomic mass is 9.97. The van der Waals surface area contributed by atoms with Crippen molar-refractivity contribution in [2.75, 3.05) is 6.54 Å². The molecule has 1 aromatic carbocycles. The number of fused-ring (bicyclic) bond motifs is 1. The highest BCUT2D eigenvalue weighted by Crippen LogP contribution is 2.66. The van der Waals surface area contributed by atoms with E-state index >= 15 is 0 Å². The van der Waals surface area contributed by atoms with Crippen LogP contribution in [-0.2, 0) is 4.43 Å². The molecule has 2 saturated carbocycles. The van der Waals surface area contributed by atoms with Crippen LogP contribution in [0.15, 0.2) is 18.2 Å². The van der Waals surface area contributed by atoms with E-state index in [1.807, 2.05) is 18.2 Å². The summed E-state index contributed by atoms with van der Waals surface area (Å²) < 4.78 is 6.88. The van der Waals surface area contributed by atoms with Crippen LogP contribution < -0.4 is 5.32 Å². The number of benzene rings is 1. The second-order valence-electron chi connectivity index (χ2n) is 9.10. The first kappa shape index (κ1) is 21.6. The third-order valence-corrected chi connectivity index (χ3v) is 12.9. The van der Waals surface area contributed by atoms with Crippen LogP contribution in [-0.4, -0.2) is 20.9 Å². The van der Waals surface area contributed by atoms with Crippen molar-refractivity contribution in [3.8, 4) is 0 Å². The Morgan fingerprint density at radius 2 is 1.59 bits per heavy atom. The molecule has 0 saturated heterocycles. The topological polar surface area (TPSA) is 21.3 Å². The fraction of sp³-hybridized carbons (Fsp3) is 0.727. The van der Waals surface area contributed by atoms with Gasteiger partial charge >= 0.3 is 0 Å². The van der Waals surface area contributed by atoms with Crippen LogP contribution in [0.1, 0.15) is 59.1 Å². The molecule has 2 nitrogen and oxygen atoms in total. The maximum Gasteiger partial charge on any atom is 0.192 e. The fourth-order valence-corrected chi connectivity index (χ4v) is 8.71. The summed E-state index contributed by atoms with van der Waals surface area (Å²) in [5.41, 5.74) is 1.53. The van der Waals surface area contributed by atoms with Gasteiger partial charge in [0.2, 0.25) is 0 Å². The van der Waals surface area contributed by atoms with Crippen LogP contribution in [0.2, 0.25) is 28.2 Å². The molecule has 27 heavy (non-hydrogen) atoms. The molecular weight excluding hydrogens is 393 g/mol. The third kappa shape index (κ3) is 4.28. The summed E-state index contributed by atoms with van der Waals surface area (Å²) in [5, 5.41) is 5.24. The van der Waals surface area contributed by atoms with Gasteiger partial charge in [0.05, 0.1) is 6.10 Å². The van der Waals surface area contributed by atoms with Crippen LogP contribution in [0, 0.1) is 17.3 Å². The maximum atomic E-state index is 6.88. The van der Waals surface area contributed by atoms with Crippen LogP contribution in [0.4, 0.5) is 0 Å². The standard InChI is InChI=1S/C22H35Cl2NOSi/c1-6-27(7-2,8-3)26-20(21-18(23)10-9-11-19(21)24)14-25-15-12-16-17(13-15)22(16,4)5/h9-11,15-17,20,25H,6-8,12-14H2,1-5H3/t15-,16-,17+,20?. The summed E-state index contributed by atoms with van der Waals surface area (Å²) in [7, 11) is -1.77. The van der Waals surface area contributed by atoms with Gasteiger partial charge in [0.25, 0.3) is 0 Å². The average molecular weight is 429 g/mol. The molecule has 5 heteroatoms. The van der Waals surface area contributed by atoms with Crippen molar-refractivity contribution in [2.24, 2.45) is 17.3 Å².